The van der Waals surface area contributed by atoms with Gasteiger partial charge in [0.1, 0.15) is 14.7 Å². The summed E-state index contributed by atoms with van der Waals surface area (Å²) in [6.07, 6.45) is 1.01. The van der Waals surface area contributed by atoms with Gasteiger partial charge in [0, 0.05) is 5.39 Å². The molecule has 0 saturated heterocycles. The van der Waals surface area contributed by atoms with Crippen LogP contribution in [0.4, 0.5) is 0 Å². The molecule has 0 aliphatic rings. The minimum absolute atomic E-state index is 0.0186. The van der Waals surface area contributed by atoms with E-state index in [4.69, 9.17) is 0 Å². The average Bonchev–Trinajstić information content (AvgIpc) is 2.63. The second kappa shape index (κ2) is 7.40. The van der Waals surface area contributed by atoms with Gasteiger partial charge in [-0.05, 0) is 34.4 Å². The molecule has 0 fully saturated rings. The summed E-state index contributed by atoms with van der Waals surface area (Å²) in [7, 11) is -15.2. The normalized spacial score (nSPS) is 12.6. The smallest absolute Gasteiger partial charge is 0.341 e. The van der Waals surface area contributed by atoms with Crippen LogP contribution < -0.4 is 0 Å². The van der Waals surface area contributed by atoms with Gasteiger partial charge in [-0.2, -0.15) is 25.3 Å². The minimum atomic E-state index is -5.22. The van der Waals surface area contributed by atoms with Gasteiger partial charge in [0.05, 0.1) is 12.5 Å². The number of rotatable bonds is 7. The highest BCUT2D eigenvalue weighted by Gasteiger charge is 2.37. The SMILES string of the molecule is C=COS(=O)(=O)c1c(S(=O)(=O)O)cc2cc3ccccc3cc2c1S(=O)(=O)OC=C. The van der Waals surface area contributed by atoms with Crippen LogP contribution in [0.5, 0.6) is 0 Å². The van der Waals surface area contributed by atoms with E-state index in [1.807, 2.05) is 0 Å². The Morgan fingerprint density at radius 3 is 1.73 bits per heavy atom. The lowest BCUT2D eigenvalue weighted by Gasteiger charge is -2.16. The van der Waals surface area contributed by atoms with Gasteiger partial charge in [-0.3, -0.25) is 4.55 Å². The summed E-state index contributed by atoms with van der Waals surface area (Å²) in [6, 6.07) is 10.3. The van der Waals surface area contributed by atoms with E-state index >= 15 is 0 Å². The summed E-state index contributed by atoms with van der Waals surface area (Å²) in [4.78, 5) is -3.53. The predicted molar refractivity (Wildman–Crippen MR) is 108 cm³/mol. The van der Waals surface area contributed by atoms with Gasteiger partial charge >= 0.3 is 20.2 Å². The van der Waals surface area contributed by atoms with E-state index in [2.05, 4.69) is 21.5 Å². The van der Waals surface area contributed by atoms with E-state index in [0.717, 1.165) is 6.07 Å². The van der Waals surface area contributed by atoms with Crippen LogP contribution in [0.2, 0.25) is 0 Å². The highest BCUT2D eigenvalue weighted by Crippen LogP contribution is 2.39. The summed E-state index contributed by atoms with van der Waals surface area (Å²) in [5, 5.41) is 0.990. The molecule has 30 heavy (non-hydrogen) atoms. The van der Waals surface area contributed by atoms with Gasteiger partial charge in [0.15, 0.2) is 0 Å². The second-order valence-corrected chi connectivity index (χ2v) is 10.3. The zero-order valence-electron chi connectivity index (χ0n) is 15.0. The molecule has 3 rings (SSSR count). The van der Waals surface area contributed by atoms with Crippen molar-refractivity contribution in [1.82, 2.24) is 0 Å². The molecule has 3 aromatic carbocycles. The fraction of sp³-hybridized carbons (Fsp3) is 0. The van der Waals surface area contributed by atoms with Gasteiger partial charge < -0.3 is 8.37 Å². The first-order valence-electron chi connectivity index (χ1n) is 7.98. The Hall–Kier alpha value is -2.93. The van der Waals surface area contributed by atoms with Gasteiger partial charge in [-0.1, -0.05) is 37.4 Å². The molecule has 0 amide bonds. The molecule has 0 heterocycles. The first-order valence-corrected chi connectivity index (χ1v) is 12.2. The number of fused-ring (bicyclic) bond motifs is 2. The van der Waals surface area contributed by atoms with Crippen LogP contribution in [-0.4, -0.2) is 29.8 Å². The highest BCUT2D eigenvalue weighted by atomic mass is 32.2. The van der Waals surface area contributed by atoms with Crippen LogP contribution in [0.25, 0.3) is 21.5 Å². The maximum atomic E-state index is 12.8. The van der Waals surface area contributed by atoms with E-state index in [1.165, 1.54) is 12.1 Å². The van der Waals surface area contributed by atoms with Crippen LogP contribution in [0.3, 0.4) is 0 Å². The van der Waals surface area contributed by atoms with Crippen molar-refractivity contribution in [3.05, 3.63) is 68.1 Å². The Labute approximate surface area is 172 Å². The standard InChI is InChI=1S/C18H14O9S3/c1-3-26-29(22,23)17-15-10-13-8-6-5-7-12(13)9-14(15)11-16(28(19,20)21)18(17)30(24,25)27-4-2/h3-11H,1-2H2,(H,19,20,21). The Bertz CT molecular complexity index is 1520. The van der Waals surface area contributed by atoms with Crippen molar-refractivity contribution in [3.63, 3.8) is 0 Å². The van der Waals surface area contributed by atoms with E-state index in [9.17, 15) is 29.8 Å². The van der Waals surface area contributed by atoms with Crippen molar-refractivity contribution in [2.24, 2.45) is 0 Å². The fourth-order valence-corrected chi connectivity index (χ4v) is 6.85. The van der Waals surface area contributed by atoms with Gasteiger partial charge in [-0.25, -0.2) is 0 Å². The Kier molecular flexibility index (Phi) is 5.37. The molecule has 1 N–H and O–H groups in total. The molecule has 0 aliphatic carbocycles. The molecule has 12 heteroatoms. The van der Waals surface area contributed by atoms with Crippen LogP contribution >= 0.6 is 0 Å². The lowest BCUT2D eigenvalue weighted by molar-refractivity contribution is 0.426. The van der Waals surface area contributed by atoms with Crippen LogP contribution in [-0.2, 0) is 38.7 Å². The van der Waals surface area contributed by atoms with Crippen LogP contribution in [0.15, 0.2) is 82.8 Å². The first kappa shape index (κ1) is 21.8. The van der Waals surface area contributed by atoms with Crippen molar-refractivity contribution in [3.8, 4) is 0 Å². The third-order valence-corrected chi connectivity index (χ3v) is 7.81. The van der Waals surface area contributed by atoms with Gasteiger partial charge in [-0.15, -0.1) is 0 Å². The second-order valence-electron chi connectivity index (χ2n) is 5.86. The van der Waals surface area contributed by atoms with Gasteiger partial charge in [0.2, 0.25) is 0 Å². The van der Waals surface area contributed by atoms with Gasteiger partial charge in [0.25, 0.3) is 10.1 Å². The maximum absolute atomic E-state index is 12.8. The summed E-state index contributed by atoms with van der Waals surface area (Å²) in [5.74, 6) is 0. The Morgan fingerprint density at radius 1 is 0.733 bits per heavy atom. The Balaban J connectivity index is 2.72. The maximum Gasteiger partial charge on any atom is 0.341 e. The number of hydrogen-bond donors (Lipinski definition) is 1. The third-order valence-electron chi connectivity index (χ3n) is 4.05. The monoisotopic (exact) mass is 470 g/mol. The lowest BCUT2D eigenvalue weighted by atomic mass is 10.0. The molecule has 0 saturated carbocycles. The molecule has 0 atom stereocenters. The van der Waals surface area contributed by atoms with E-state index in [0.29, 0.717) is 23.3 Å². The fourth-order valence-electron chi connectivity index (χ4n) is 2.97. The summed E-state index contributed by atoms with van der Waals surface area (Å²) >= 11 is 0. The number of benzene rings is 3. The molecule has 9 nitrogen and oxygen atoms in total. The molecule has 0 radical (unpaired) electrons. The lowest BCUT2D eigenvalue weighted by Crippen LogP contribution is -2.17. The zero-order chi connectivity index (χ0) is 22.3. The van der Waals surface area contributed by atoms with E-state index in [1.54, 1.807) is 24.3 Å². The van der Waals surface area contributed by atoms with Crippen molar-refractivity contribution in [2.75, 3.05) is 0 Å². The zero-order valence-corrected chi connectivity index (χ0v) is 17.5. The topological polar surface area (TPSA) is 141 Å². The quantitative estimate of drug-likeness (QED) is 0.239. The summed E-state index contributed by atoms with van der Waals surface area (Å²) in [5.41, 5.74) is 0. The largest absolute Gasteiger partial charge is 0.388 e. The molecule has 3 aromatic rings. The highest BCUT2D eigenvalue weighted by molar-refractivity contribution is 7.91. The van der Waals surface area contributed by atoms with E-state index < -0.39 is 45.0 Å². The van der Waals surface area contributed by atoms with Crippen molar-refractivity contribution >= 4 is 51.9 Å². The molecule has 0 bridgehead atoms. The number of hydrogen-bond acceptors (Lipinski definition) is 8. The molecule has 158 valence electrons. The molecule has 0 aromatic heterocycles. The predicted octanol–water partition coefficient (Wildman–Crippen LogP) is 2.94. The average molecular weight is 471 g/mol. The third kappa shape index (κ3) is 3.77. The molecule has 0 unspecified atom stereocenters. The molecular formula is C18H14O9S3. The van der Waals surface area contributed by atoms with Crippen molar-refractivity contribution < 1.29 is 38.2 Å². The summed E-state index contributed by atoms with van der Waals surface area (Å²) < 4.78 is 93.6. The molecular weight excluding hydrogens is 456 g/mol. The van der Waals surface area contributed by atoms with Crippen LogP contribution in [0.1, 0.15) is 0 Å². The summed E-state index contributed by atoms with van der Waals surface area (Å²) in [6.45, 7) is 6.22. The van der Waals surface area contributed by atoms with Crippen molar-refractivity contribution in [1.29, 1.82) is 0 Å². The molecule has 0 aliphatic heterocycles. The van der Waals surface area contributed by atoms with Crippen molar-refractivity contribution in [2.45, 2.75) is 14.7 Å². The van der Waals surface area contributed by atoms with E-state index in [-0.39, 0.29) is 10.8 Å². The Morgan fingerprint density at radius 2 is 1.23 bits per heavy atom. The molecule has 0 spiro atoms. The van der Waals surface area contributed by atoms with Crippen LogP contribution in [0, 0.1) is 0 Å². The first-order chi connectivity index (χ1) is 13.9. The minimum Gasteiger partial charge on any atom is -0.388 e.